The second-order valence-corrected chi connectivity index (χ2v) is 9.16. The Morgan fingerprint density at radius 1 is 1.52 bits per heavy atom. The minimum atomic E-state index is -0.106. The number of carbonyl (C=O) groups excluding carboxylic acids is 1. The van der Waals surface area contributed by atoms with Gasteiger partial charge in [-0.15, -0.1) is 23.1 Å². The number of nitriles is 1. The van der Waals surface area contributed by atoms with Gasteiger partial charge in [0.2, 0.25) is 5.91 Å². The lowest BCUT2D eigenvalue weighted by molar-refractivity contribution is -0.113. The highest BCUT2D eigenvalue weighted by atomic mass is 32.2. The van der Waals surface area contributed by atoms with E-state index in [9.17, 15) is 10.1 Å². The van der Waals surface area contributed by atoms with Crippen LogP contribution in [0.2, 0.25) is 0 Å². The molecule has 1 atom stereocenters. The van der Waals surface area contributed by atoms with Crippen molar-refractivity contribution in [1.29, 1.82) is 5.26 Å². The quantitative estimate of drug-likeness (QED) is 0.796. The van der Waals surface area contributed by atoms with Crippen LogP contribution in [0.25, 0.3) is 0 Å². The predicted molar refractivity (Wildman–Crippen MR) is 97.0 cm³/mol. The number of aliphatic hydroxyl groups is 1. The monoisotopic (exact) mass is 352 g/mol. The smallest absolute Gasteiger partial charge is 0.235 e. The van der Waals surface area contributed by atoms with Crippen LogP contribution in [0.3, 0.4) is 0 Å². The normalized spacial score (nSPS) is 17.4. The Morgan fingerprint density at radius 2 is 2.26 bits per heavy atom. The lowest BCUT2D eigenvalue weighted by atomic mass is 9.72. The minimum Gasteiger partial charge on any atom is -0.396 e. The molecule has 0 spiro atoms. The first-order valence-electron chi connectivity index (χ1n) is 7.90. The molecule has 0 aromatic carbocycles. The summed E-state index contributed by atoms with van der Waals surface area (Å²) in [4.78, 5) is 13.2. The van der Waals surface area contributed by atoms with Crippen LogP contribution >= 0.6 is 23.1 Å². The van der Waals surface area contributed by atoms with Gasteiger partial charge in [0.1, 0.15) is 11.1 Å². The molecule has 0 saturated heterocycles. The molecule has 1 amide bonds. The number of hydrogen-bond donors (Lipinski definition) is 2. The molecule has 0 saturated carbocycles. The zero-order valence-corrected chi connectivity index (χ0v) is 15.6. The average Bonchev–Trinajstić information content (AvgIpc) is 2.82. The molecule has 4 nitrogen and oxygen atoms in total. The maximum Gasteiger partial charge on any atom is 0.235 e. The summed E-state index contributed by atoms with van der Waals surface area (Å²) in [5.74, 6) is 1.36. The van der Waals surface area contributed by atoms with E-state index in [1.165, 1.54) is 16.6 Å². The van der Waals surface area contributed by atoms with Gasteiger partial charge in [-0.3, -0.25) is 4.79 Å². The van der Waals surface area contributed by atoms with E-state index in [0.29, 0.717) is 28.0 Å². The van der Waals surface area contributed by atoms with Crippen LogP contribution in [0, 0.1) is 22.7 Å². The van der Waals surface area contributed by atoms with Gasteiger partial charge < -0.3 is 10.4 Å². The number of thiophene rings is 1. The number of carbonyl (C=O) groups is 1. The molecule has 0 aliphatic heterocycles. The summed E-state index contributed by atoms with van der Waals surface area (Å²) in [5.41, 5.74) is 2.05. The van der Waals surface area contributed by atoms with Crippen LogP contribution < -0.4 is 5.32 Å². The first kappa shape index (κ1) is 18.3. The number of thioether (sulfide) groups is 1. The van der Waals surface area contributed by atoms with Crippen molar-refractivity contribution >= 4 is 34.0 Å². The van der Waals surface area contributed by atoms with Gasteiger partial charge in [0, 0.05) is 10.6 Å². The number of amides is 1. The minimum absolute atomic E-state index is 0.0723. The molecule has 6 heteroatoms. The molecule has 2 rings (SSSR count). The third kappa shape index (κ3) is 4.50. The van der Waals surface area contributed by atoms with Gasteiger partial charge in [0.05, 0.1) is 17.9 Å². The number of rotatable bonds is 5. The molecule has 0 unspecified atom stereocenters. The Morgan fingerprint density at radius 3 is 2.87 bits per heavy atom. The van der Waals surface area contributed by atoms with E-state index in [1.807, 2.05) is 0 Å². The molecule has 1 aliphatic carbocycles. The van der Waals surface area contributed by atoms with Gasteiger partial charge in [0.15, 0.2) is 0 Å². The zero-order chi connectivity index (χ0) is 17.0. The predicted octanol–water partition coefficient (Wildman–Crippen LogP) is 3.43. The van der Waals surface area contributed by atoms with E-state index in [4.69, 9.17) is 5.11 Å². The highest BCUT2D eigenvalue weighted by molar-refractivity contribution is 7.99. The molecule has 1 aromatic rings. The first-order chi connectivity index (χ1) is 10.9. The van der Waals surface area contributed by atoms with E-state index < -0.39 is 0 Å². The van der Waals surface area contributed by atoms with Crippen molar-refractivity contribution < 1.29 is 9.90 Å². The molecule has 2 N–H and O–H groups in total. The molecule has 1 heterocycles. The van der Waals surface area contributed by atoms with Crippen LogP contribution in [0.15, 0.2) is 0 Å². The molecule has 0 bridgehead atoms. The van der Waals surface area contributed by atoms with Crippen LogP contribution in [-0.4, -0.2) is 29.1 Å². The van der Waals surface area contributed by atoms with E-state index >= 15 is 0 Å². The number of aliphatic hydroxyl groups excluding tert-OH is 1. The van der Waals surface area contributed by atoms with Crippen molar-refractivity contribution in [2.45, 2.75) is 40.0 Å². The fourth-order valence-corrected chi connectivity index (χ4v) is 4.75. The molecule has 23 heavy (non-hydrogen) atoms. The second kappa shape index (κ2) is 7.69. The Hall–Kier alpha value is -1.03. The fourth-order valence-electron chi connectivity index (χ4n) is 2.92. The van der Waals surface area contributed by atoms with Crippen LogP contribution in [0.5, 0.6) is 0 Å². The molecular weight excluding hydrogens is 328 g/mol. The fraction of sp³-hybridized carbons (Fsp3) is 0.647. The van der Waals surface area contributed by atoms with Gasteiger partial charge in [-0.1, -0.05) is 20.8 Å². The van der Waals surface area contributed by atoms with Crippen LogP contribution in [0.1, 0.15) is 43.2 Å². The standard InChI is InChI=1S/C17H24N2O2S2/c1-17(2,3)11-4-5-12-13(9-18)16(23-14(12)8-11)19-15(21)10-22-7-6-20/h11,20H,4-8,10H2,1-3H3,(H,19,21)/t11-/m0/s1. The van der Waals surface area contributed by atoms with E-state index in [-0.39, 0.29) is 17.9 Å². The second-order valence-electron chi connectivity index (χ2n) is 6.95. The Bertz CT molecular complexity index is 611. The number of anilines is 1. The highest BCUT2D eigenvalue weighted by Gasteiger charge is 2.32. The highest BCUT2D eigenvalue weighted by Crippen LogP contribution is 2.43. The number of hydrogen-bond acceptors (Lipinski definition) is 5. The third-order valence-electron chi connectivity index (χ3n) is 4.32. The van der Waals surface area contributed by atoms with Gasteiger partial charge in [0.25, 0.3) is 0 Å². The Kier molecular flexibility index (Phi) is 6.12. The van der Waals surface area contributed by atoms with Gasteiger partial charge in [-0.05, 0) is 36.2 Å². The van der Waals surface area contributed by atoms with Crippen molar-refractivity contribution in [2.24, 2.45) is 11.3 Å². The molecule has 126 valence electrons. The molecule has 1 aromatic heterocycles. The average molecular weight is 353 g/mol. The van der Waals surface area contributed by atoms with Crippen molar-refractivity contribution in [2.75, 3.05) is 23.4 Å². The summed E-state index contributed by atoms with van der Waals surface area (Å²) in [5, 5.41) is 21.8. The van der Waals surface area contributed by atoms with E-state index in [2.05, 4.69) is 32.2 Å². The molecule has 0 radical (unpaired) electrons. The van der Waals surface area contributed by atoms with Crippen LogP contribution in [0.4, 0.5) is 5.00 Å². The topological polar surface area (TPSA) is 73.1 Å². The maximum absolute atomic E-state index is 12.0. The van der Waals surface area contributed by atoms with Gasteiger partial charge in [-0.25, -0.2) is 0 Å². The summed E-state index contributed by atoms with van der Waals surface area (Å²) in [6.07, 6.45) is 3.01. The zero-order valence-electron chi connectivity index (χ0n) is 13.9. The van der Waals surface area contributed by atoms with Gasteiger partial charge >= 0.3 is 0 Å². The Balaban J connectivity index is 2.13. The number of fused-ring (bicyclic) bond motifs is 1. The van der Waals surface area contributed by atoms with E-state index in [0.717, 1.165) is 24.8 Å². The summed E-state index contributed by atoms with van der Waals surface area (Å²) >= 11 is 2.95. The summed E-state index contributed by atoms with van der Waals surface area (Å²) in [7, 11) is 0. The van der Waals surface area contributed by atoms with E-state index in [1.54, 1.807) is 11.3 Å². The Labute approximate surface area is 146 Å². The van der Waals surface area contributed by atoms with Crippen molar-refractivity contribution in [3.63, 3.8) is 0 Å². The summed E-state index contributed by atoms with van der Waals surface area (Å²) in [6.45, 7) is 6.87. The summed E-state index contributed by atoms with van der Waals surface area (Å²) < 4.78 is 0. The third-order valence-corrected chi connectivity index (χ3v) is 6.43. The SMILES string of the molecule is CC(C)(C)[C@H]1CCc2c(sc(NC(=O)CSCCO)c2C#N)C1. The van der Waals surface area contributed by atoms with Crippen molar-refractivity contribution in [3.05, 3.63) is 16.0 Å². The lowest BCUT2D eigenvalue weighted by Crippen LogP contribution is -2.26. The van der Waals surface area contributed by atoms with Crippen molar-refractivity contribution in [1.82, 2.24) is 0 Å². The summed E-state index contributed by atoms with van der Waals surface area (Å²) in [6, 6.07) is 2.28. The molecule has 1 aliphatic rings. The maximum atomic E-state index is 12.0. The largest absolute Gasteiger partial charge is 0.396 e. The lowest BCUT2D eigenvalue weighted by Gasteiger charge is -2.33. The molecular formula is C17H24N2O2S2. The number of nitrogens with zero attached hydrogens (tertiary/aromatic N) is 1. The molecule has 0 fully saturated rings. The number of nitrogens with one attached hydrogen (secondary N) is 1. The van der Waals surface area contributed by atoms with Crippen LogP contribution in [-0.2, 0) is 17.6 Å². The van der Waals surface area contributed by atoms with Crippen molar-refractivity contribution in [3.8, 4) is 6.07 Å². The van der Waals surface area contributed by atoms with Gasteiger partial charge in [-0.2, -0.15) is 5.26 Å². The first-order valence-corrected chi connectivity index (χ1v) is 9.87.